The second-order valence-corrected chi connectivity index (χ2v) is 10.5. The monoisotopic (exact) mass is 510 g/mol. The van der Waals surface area contributed by atoms with E-state index in [2.05, 4.69) is 5.32 Å². The molecule has 0 radical (unpaired) electrons. The molecule has 3 heterocycles. The summed E-state index contributed by atoms with van der Waals surface area (Å²) in [7, 11) is 0. The number of amides is 1. The number of rotatable bonds is 4. The molecule has 0 aromatic heterocycles. The van der Waals surface area contributed by atoms with Crippen molar-refractivity contribution in [3.05, 3.63) is 143 Å². The summed E-state index contributed by atoms with van der Waals surface area (Å²) in [5.41, 5.74) is 4.07. The Labute approximate surface area is 226 Å². The molecule has 7 rings (SSSR count). The van der Waals surface area contributed by atoms with Crippen LogP contribution in [0.3, 0.4) is 0 Å². The molecule has 1 fully saturated rings. The van der Waals surface area contributed by atoms with Gasteiger partial charge in [-0.3, -0.25) is 14.4 Å². The lowest BCUT2D eigenvalue weighted by atomic mass is 9.62. The van der Waals surface area contributed by atoms with E-state index in [0.29, 0.717) is 16.8 Å². The van der Waals surface area contributed by atoms with E-state index in [9.17, 15) is 14.4 Å². The topological polar surface area (TPSA) is 66.5 Å². The van der Waals surface area contributed by atoms with Crippen molar-refractivity contribution in [2.75, 3.05) is 5.32 Å². The molecule has 3 aliphatic heterocycles. The van der Waals surface area contributed by atoms with E-state index in [1.54, 1.807) is 24.3 Å². The van der Waals surface area contributed by atoms with Gasteiger partial charge in [0.15, 0.2) is 11.6 Å². The summed E-state index contributed by atoms with van der Waals surface area (Å²) >= 11 is 0. The molecule has 4 atom stereocenters. The van der Waals surface area contributed by atoms with Gasteiger partial charge in [-0.1, -0.05) is 103 Å². The Kier molecular flexibility index (Phi) is 5.17. The minimum atomic E-state index is -1.31. The van der Waals surface area contributed by atoms with E-state index in [-0.39, 0.29) is 17.5 Å². The number of fused-ring (bicyclic) bond motifs is 6. The molecule has 5 nitrogen and oxygen atoms in total. The van der Waals surface area contributed by atoms with E-state index in [4.69, 9.17) is 0 Å². The number of Topliss-reactive ketones (excluding diaryl/α,β-unsaturated/α-hetero) is 2. The predicted molar refractivity (Wildman–Crippen MR) is 150 cm³/mol. The number of nitrogens with zero attached hydrogens (tertiary/aromatic N) is 1. The molecular formula is C34H26N2O3. The van der Waals surface area contributed by atoms with Crippen molar-refractivity contribution in [2.24, 2.45) is 5.92 Å². The number of anilines is 1. The van der Waals surface area contributed by atoms with Crippen LogP contribution in [0.15, 0.2) is 109 Å². The maximum absolute atomic E-state index is 14.7. The largest absolute Gasteiger partial charge is 0.358 e. The Morgan fingerprint density at radius 2 is 1.44 bits per heavy atom. The molecule has 1 N–H and O–H groups in total. The third kappa shape index (κ3) is 3.23. The van der Waals surface area contributed by atoms with Crippen molar-refractivity contribution in [3.63, 3.8) is 0 Å². The molecule has 190 valence electrons. The highest BCUT2D eigenvalue weighted by Crippen LogP contribution is 2.62. The number of carbonyl (C=O) groups excluding carboxylic acids is 3. The second kappa shape index (κ2) is 8.63. The first-order chi connectivity index (χ1) is 19.0. The lowest BCUT2D eigenvalue weighted by Crippen LogP contribution is -2.49. The van der Waals surface area contributed by atoms with E-state index in [0.717, 1.165) is 22.3 Å². The Morgan fingerprint density at radius 3 is 2.23 bits per heavy atom. The number of hydrogen-bond donors (Lipinski definition) is 1. The van der Waals surface area contributed by atoms with Gasteiger partial charge in [-0.2, -0.15) is 0 Å². The van der Waals surface area contributed by atoms with Gasteiger partial charge in [-0.15, -0.1) is 0 Å². The van der Waals surface area contributed by atoms with E-state index >= 15 is 0 Å². The van der Waals surface area contributed by atoms with Crippen molar-refractivity contribution in [1.29, 1.82) is 0 Å². The van der Waals surface area contributed by atoms with Crippen molar-refractivity contribution in [3.8, 4) is 0 Å². The molecule has 1 amide bonds. The van der Waals surface area contributed by atoms with E-state index in [1.807, 2.05) is 103 Å². The van der Waals surface area contributed by atoms with E-state index in [1.165, 1.54) is 0 Å². The average Bonchev–Trinajstić information content (AvgIpc) is 3.45. The van der Waals surface area contributed by atoms with Crippen LogP contribution in [-0.2, 0) is 10.2 Å². The molecule has 0 saturated carbocycles. The van der Waals surface area contributed by atoms with Crippen molar-refractivity contribution in [1.82, 2.24) is 4.90 Å². The fraction of sp³-hybridized carbons (Fsp3) is 0.147. The molecule has 1 spiro atoms. The number of carbonyl (C=O) groups is 3. The van der Waals surface area contributed by atoms with Crippen LogP contribution in [0.5, 0.6) is 0 Å². The van der Waals surface area contributed by atoms with Crippen LogP contribution in [0, 0.1) is 12.8 Å². The highest BCUT2D eigenvalue weighted by molar-refractivity contribution is 6.16. The lowest BCUT2D eigenvalue weighted by molar-refractivity contribution is -0.122. The lowest BCUT2D eigenvalue weighted by Gasteiger charge is -2.38. The standard InChI is InChI=1S/C34H26N2O3/c1-21-15-17-24(18-16-21)30(37)28-29(31(38)23-10-3-2-4-11-23)36-20-19-22-9-5-6-12-25(22)32(36)34(28)26-13-7-8-14-27(26)35-33(34)39/h2-20,28-29,32H,1H3,(H,35,39)/t28-,29+,32+,34-/m0/s1. The third-order valence-electron chi connectivity index (χ3n) is 8.52. The maximum atomic E-state index is 14.7. The number of hydrogen-bond acceptors (Lipinski definition) is 4. The van der Waals surface area contributed by atoms with Crippen LogP contribution in [0.1, 0.15) is 49.0 Å². The fourth-order valence-electron chi connectivity index (χ4n) is 6.84. The quantitative estimate of drug-likeness (QED) is 0.343. The summed E-state index contributed by atoms with van der Waals surface area (Å²) < 4.78 is 0. The minimum absolute atomic E-state index is 0.177. The Hall–Kier alpha value is -4.77. The zero-order chi connectivity index (χ0) is 26.7. The Morgan fingerprint density at radius 1 is 0.769 bits per heavy atom. The average molecular weight is 511 g/mol. The second-order valence-electron chi connectivity index (χ2n) is 10.5. The molecule has 3 aliphatic rings. The molecule has 4 aromatic rings. The Balaban J connectivity index is 1.54. The van der Waals surface area contributed by atoms with Gasteiger partial charge in [-0.05, 0) is 35.8 Å². The normalized spacial score (nSPS) is 24.2. The molecule has 39 heavy (non-hydrogen) atoms. The molecule has 4 aromatic carbocycles. The maximum Gasteiger partial charge on any atom is 0.238 e. The van der Waals surface area contributed by atoms with Gasteiger partial charge < -0.3 is 10.2 Å². The van der Waals surface area contributed by atoms with Gasteiger partial charge in [0.1, 0.15) is 11.5 Å². The van der Waals surface area contributed by atoms with Crippen LogP contribution in [0.4, 0.5) is 5.69 Å². The summed E-state index contributed by atoms with van der Waals surface area (Å²) in [6, 6.07) is 30.6. The molecule has 1 saturated heterocycles. The highest BCUT2D eigenvalue weighted by Gasteiger charge is 2.70. The van der Waals surface area contributed by atoms with Crippen molar-refractivity contribution < 1.29 is 14.4 Å². The van der Waals surface area contributed by atoms with Crippen LogP contribution in [0.2, 0.25) is 0 Å². The van der Waals surface area contributed by atoms with Crippen LogP contribution < -0.4 is 5.32 Å². The van der Waals surface area contributed by atoms with Crippen LogP contribution in [-0.4, -0.2) is 28.4 Å². The number of para-hydroxylation sites is 1. The first kappa shape index (κ1) is 23.4. The summed E-state index contributed by atoms with van der Waals surface area (Å²) in [6.45, 7) is 1.97. The van der Waals surface area contributed by atoms with E-state index < -0.39 is 23.4 Å². The minimum Gasteiger partial charge on any atom is -0.358 e. The zero-order valence-corrected chi connectivity index (χ0v) is 21.4. The van der Waals surface area contributed by atoms with Gasteiger partial charge >= 0.3 is 0 Å². The van der Waals surface area contributed by atoms with Gasteiger partial charge in [0.05, 0.1) is 12.0 Å². The van der Waals surface area contributed by atoms with Crippen molar-refractivity contribution in [2.45, 2.75) is 24.4 Å². The molecule has 0 aliphatic carbocycles. The third-order valence-corrected chi connectivity index (χ3v) is 8.52. The van der Waals surface area contributed by atoms with Crippen LogP contribution >= 0.6 is 0 Å². The van der Waals surface area contributed by atoms with Gasteiger partial charge in [0.2, 0.25) is 5.91 Å². The fourth-order valence-corrected chi connectivity index (χ4v) is 6.84. The van der Waals surface area contributed by atoms with Crippen LogP contribution in [0.25, 0.3) is 6.08 Å². The molecule has 5 heteroatoms. The first-order valence-electron chi connectivity index (χ1n) is 13.2. The SMILES string of the molecule is Cc1ccc(C(=O)[C@@H]2[C@H](C(=O)c3ccccc3)N3C=Cc4ccccc4[C@@H]3[C@@]23C(=O)Nc2ccccc23)cc1. The smallest absolute Gasteiger partial charge is 0.238 e. The zero-order valence-electron chi connectivity index (χ0n) is 21.4. The van der Waals surface area contributed by atoms with Gasteiger partial charge in [-0.25, -0.2) is 0 Å². The number of nitrogens with one attached hydrogen (secondary N) is 1. The summed E-state index contributed by atoms with van der Waals surface area (Å²) in [5.74, 6) is -1.60. The number of aryl methyl sites for hydroxylation is 1. The molecule has 0 bridgehead atoms. The highest BCUT2D eigenvalue weighted by atomic mass is 16.2. The van der Waals surface area contributed by atoms with Gasteiger partial charge in [0, 0.05) is 23.0 Å². The predicted octanol–water partition coefficient (Wildman–Crippen LogP) is 5.98. The van der Waals surface area contributed by atoms with Crippen molar-refractivity contribution >= 4 is 29.2 Å². The number of ketones is 2. The summed E-state index contributed by atoms with van der Waals surface area (Å²) in [4.78, 5) is 45.5. The molecular weight excluding hydrogens is 484 g/mol. The summed E-state index contributed by atoms with van der Waals surface area (Å²) in [6.07, 6.45) is 3.87. The molecule has 0 unspecified atom stereocenters. The van der Waals surface area contributed by atoms with Gasteiger partial charge in [0.25, 0.3) is 0 Å². The summed E-state index contributed by atoms with van der Waals surface area (Å²) in [5, 5.41) is 3.09. The number of benzene rings is 4. The Bertz CT molecular complexity index is 1670. The first-order valence-corrected chi connectivity index (χ1v) is 13.2.